The summed E-state index contributed by atoms with van der Waals surface area (Å²) >= 11 is 0. The molecule has 1 fully saturated rings. The topological polar surface area (TPSA) is 76.0 Å². The molecule has 3 rings (SSSR count). The summed E-state index contributed by atoms with van der Waals surface area (Å²) in [5.41, 5.74) is 0.366. The predicted octanol–water partition coefficient (Wildman–Crippen LogP) is 0.415. The molecule has 0 aliphatic carbocycles. The zero-order chi connectivity index (χ0) is 14.8. The first-order valence-electron chi connectivity index (χ1n) is 7.14. The van der Waals surface area contributed by atoms with Crippen molar-refractivity contribution < 1.29 is 4.79 Å². The highest BCUT2D eigenvalue weighted by Gasteiger charge is 2.20. The average Bonchev–Trinajstić information content (AvgIpc) is 2.52. The fourth-order valence-electron chi connectivity index (χ4n) is 2.70. The number of benzene rings is 1. The van der Waals surface area contributed by atoms with Crippen molar-refractivity contribution in [1.82, 2.24) is 20.4 Å². The second-order valence-corrected chi connectivity index (χ2v) is 5.34. The number of hydrogen-bond acceptors (Lipinski definition) is 4. The molecule has 1 aromatic heterocycles. The molecular weight excluding hydrogens is 268 g/mol. The van der Waals surface area contributed by atoms with Crippen LogP contribution in [0.15, 0.2) is 29.1 Å². The SMILES string of the molecule is Cn1nc(C(=O)N[C@H]2CCCNC2)c(=O)c2ccccc21. The third kappa shape index (κ3) is 2.67. The van der Waals surface area contributed by atoms with Crippen LogP contribution in [0.2, 0.25) is 0 Å². The minimum atomic E-state index is -0.393. The second-order valence-electron chi connectivity index (χ2n) is 5.34. The van der Waals surface area contributed by atoms with E-state index in [1.54, 1.807) is 23.9 Å². The fraction of sp³-hybridized carbons (Fsp3) is 0.400. The number of carbonyl (C=O) groups excluding carboxylic acids is 1. The van der Waals surface area contributed by atoms with Crippen molar-refractivity contribution in [3.63, 3.8) is 0 Å². The molecular formula is C15H18N4O2. The number of carbonyl (C=O) groups is 1. The summed E-state index contributed by atoms with van der Waals surface area (Å²) < 4.78 is 1.57. The van der Waals surface area contributed by atoms with Crippen molar-refractivity contribution in [3.8, 4) is 0 Å². The summed E-state index contributed by atoms with van der Waals surface area (Å²) in [5, 5.41) is 10.8. The standard InChI is InChI=1S/C15H18N4O2/c1-19-12-7-3-2-6-11(12)14(20)13(18-19)15(21)17-10-5-4-8-16-9-10/h2-3,6-7,10,16H,4-5,8-9H2,1H3,(H,17,21)/t10-/m0/s1. The Labute approximate surface area is 122 Å². The highest BCUT2D eigenvalue weighted by molar-refractivity contribution is 5.95. The Balaban J connectivity index is 1.94. The second kappa shape index (κ2) is 5.65. The number of aromatic nitrogens is 2. The van der Waals surface area contributed by atoms with Gasteiger partial charge in [0.05, 0.1) is 5.52 Å². The lowest BCUT2D eigenvalue weighted by Crippen LogP contribution is -2.47. The van der Waals surface area contributed by atoms with Crippen LogP contribution in [-0.4, -0.2) is 34.8 Å². The van der Waals surface area contributed by atoms with Gasteiger partial charge in [0.25, 0.3) is 5.91 Å². The third-order valence-electron chi connectivity index (χ3n) is 3.81. The Morgan fingerprint density at radius 3 is 3.00 bits per heavy atom. The van der Waals surface area contributed by atoms with Gasteiger partial charge >= 0.3 is 0 Å². The van der Waals surface area contributed by atoms with Crippen LogP contribution in [0.1, 0.15) is 23.3 Å². The number of nitrogens with zero attached hydrogens (tertiary/aromatic N) is 2. The van der Waals surface area contributed by atoms with Crippen LogP contribution in [0.5, 0.6) is 0 Å². The molecule has 1 saturated heterocycles. The Morgan fingerprint density at radius 2 is 2.24 bits per heavy atom. The molecule has 21 heavy (non-hydrogen) atoms. The largest absolute Gasteiger partial charge is 0.347 e. The number of amides is 1. The number of hydrogen-bond donors (Lipinski definition) is 2. The van der Waals surface area contributed by atoms with Crippen molar-refractivity contribution in [2.75, 3.05) is 13.1 Å². The van der Waals surface area contributed by atoms with Gasteiger partial charge in [-0.3, -0.25) is 14.3 Å². The van der Waals surface area contributed by atoms with Crippen molar-refractivity contribution in [2.24, 2.45) is 7.05 Å². The lowest BCUT2D eigenvalue weighted by molar-refractivity contribution is 0.0922. The first kappa shape index (κ1) is 13.8. The number of fused-ring (bicyclic) bond motifs is 1. The van der Waals surface area contributed by atoms with Crippen LogP contribution in [-0.2, 0) is 7.05 Å². The minimum Gasteiger partial charge on any atom is -0.347 e. The van der Waals surface area contributed by atoms with Gasteiger partial charge in [0.2, 0.25) is 5.43 Å². The van der Waals surface area contributed by atoms with Crippen LogP contribution in [0.4, 0.5) is 0 Å². The summed E-state index contributed by atoms with van der Waals surface area (Å²) in [6.45, 7) is 1.71. The van der Waals surface area contributed by atoms with Crippen molar-refractivity contribution in [2.45, 2.75) is 18.9 Å². The van der Waals surface area contributed by atoms with Crippen LogP contribution in [0.25, 0.3) is 10.9 Å². The average molecular weight is 286 g/mol. The van der Waals surface area contributed by atoms with Gasteiger partial charge in [-0.1, -0.05) is 12.1 Å². The molecule has 0 saturated carbocycles. The normalized spacial score (nSPS) is 18.6. The molecule has 0 unspecified atom stereocenters. The Bertz CT molecular complexity index is 732. The minimum absolute atomic E-state index is 0.0400. The van der Waals surface area contributed by atoms with E-state index >= 15 is 0 Å². The van der Waals surface area contributed by atoms with Crippen LogP contribution < -0.4 is 16.1 Å². The van der Waals surface area contributed by atoms with E-state index in [0.29, 0.717) is 5.39 Å². The van der Waals surface area contributed by atoms with Gasteiger partial charge in [0, 0.05) is 25.0 Å². The predicted molar refractivity (Wildman–Crippen MR) is 80.3 cm³/mol. The lowest BCUT2D eigenvalue weighted by atomic mass is 10.1. The monoisotopic (exact) mass is 286 g/mol. The molecule has 0 spiro atoms. The van der Waals surface area contributed by atoms with Gasteiger partial charge in [-0.2, -0.15) is 5.10 Å². The Hall–Kier alpha value is -2.21. The zero-order valence-corrected chi connectivity index (χ0v) is 11.9. The lowest BCUT2D eigenvalue weighted by Gasteiger charge is -2.23. The molecule has 2 aromatic rings. The molecule has 1 aliphatic rings. The number of aryl methyl sites for hydroxylation is 1. The summed E-state index contributed by atoms with van der Waals surface area (Å²) in [4.78, 5) is 24.7. The van der Waals surface area contributed by atoms with Gasteiger partial charge in [-0.05, 0) is 31.5 Å². The smallest absolute Gasteiger partial charge is 0.276 e. The Morgan fingerprint density at radius 1 is 1.43 bits per heavy atom. The first-order valence-corrected chi connectivity index (χ1v) is 7.14. The molecule has 2 N–H and O–H groups in total. The van der Waals surface area contributed by atoms with E-state index in [2.05, 4.69) is 15.7 Å². The summed E-state index contributed by atoms with van der Waals surface area (Å²) in [7, 11) is 1.74. The Kier molecular flexibility index (Phi) is 3.70. The van der Waals surface area contributed by atoms with E-state index in [1.165, 1.54) is 0 Å². The van der Waals surface area contributed by atoms with E-state index in [9.17, 15) is 9.59 Å². The maximum absolute atomic E-state index is 12.4. The number of nitrogens with one attached hydrogen (secondary N) is 2. The van der Waals surface area contributed by atoms with Gasteiger partial charge in [-0.25, -0.2) is 0 Å². The number of piperidine rings is 1. The molecule has 6 nitrogen and oxygen atoms in total. The molecule has 1 aliphatic heterocycles. The quantitative estimate of drug-likeness (QED) is 0.838. The molecule has 2 heterocycles. The molecule has 110 valence electrons. The third-order valence-corrected chi connectivity index (χ3v) is 3.81. The molecule has 1 atom stereocenters. The summed E-state index contributed by atoms with van der Waals surface area (Å²) in [6, 6.07) is 7.23. The number of para-hydroxylation sites is 1. The van der Waals surface area contributed by atoms with Crippen molar-refractivity contribution >= 4 is 16.8 Å². The van der Waals surface area contributed by atoms with E-state index in [1.807, 2.05) is 12.1 Å². The van der Waals surface area contributed by atoms with Gasteiger partial charge in [-0.15, -0.1) is 0 Å². The van der Waals surface area contributed by atoms with Crippen molar-refractivity contribution in [1.29, 1.82) is 0 Å². The molecule has 0 radical (unpaired) electrons. The van der Waals surface area contributed by atoms with Gasteiger partial charge in [0.15, 0.2) is 5.69 Å². The zero-order valence-electron chi connectivity index (χ0n) is 11.9. The maximum atomic E-state index is 12.4. The highest BCUT2D eigenvalue weighted by atomic mass is 16.2. The summed E-state index contributed by atoms with van der Waals surface area (Å²) in [6.07, 6.45) is 1.95. The highest BCUT2D eigenvalue weighted by Crippen LogP contribution is 2.08. The van der Waals surface area contributed by atoms with E-state index in [4.69, 9.17) is 0 Å². The fourth-order valence-corrected chi connectivity index (χ4v) is 2.70. The summed E-state index contributed by atoms with van der Waals surface area (Å²) in [5.74, 6) is -0.393. The van der Waals surface area contributed by atoms with Gasteiger partial charge < -0.3 is 10.6 Å². The van der Waals surface area contributed by atoms with Gasteiger partial charge in [0.1, 0.15) is 0 Å². The molecule has 1 aromatic carbocycles. The van der Waals surface area contributed by atoms with E-state index in [-0.39, 0.29) is 17.2 Å². The molecule has 6 heteroatoms. The first-order chi connectivity index (χ1) is 10.2. The van der Waals surface area contributed by atoms with Crippen LogP contribution in [0.3, 0.4) is 0 Å². The maximum Gasteiger partial charge on any atom is 0.276 e. The number of rotatable bonds is 2. The van der Waals surface area contributed by atoms with E-state index in [0.717, 1.165) is 31.4 Å². The molecule has 0 bridgehead atoms. The van der Waals surface area contributed by atoms with Crippen LogP contribution in [0, 0.1) is 0 Å². The van der Waals surface area contributed by atoms with Crippen LogP contribution >= 0.6 is 0 Å². The molecule has 1 amide bonds. The van der Waals surface area contributed by atoms with Crippen molar-refractivity contribution in [3.05, 3.63) is 40.2 Å². The van der Waals surface area contributed by atoms with E-state index < -0.39 is 5.91 Å².